The first-order valence-electron chi connectivity index (χ1n) is 5.91. The van der Waals surface area contributed by atoms with E-state index >= 15 is 0 Å². The lowest BCUT2D eigenvalue weighted by Crippen LogP contribution is -2.03. The molecule has 1 aliphatic heterocycles. The smallest absolute Gasteiger partial charge is 0.231 e. The summed E-state index contributed by atoms with van der Waals surface area (Å²) in [6.45, 7) is 0.261. The molecule has 2 aromatic carbocycles. The minimum Gasteiger partial charge on any atom is -0.454 e. The monoisotopic (exact) mass is 297 g/mol. The van der Waals surface area contributed by atoms with Crippen LogP contribution in [0.3, 0.4) is 0 Å². The van der Waals surface area contributed by atoms with E-state index < -0.39 is 11.6 Å². The van der Waals surface area contributed by atoms with Crippen molar-refractivity contribution in [1.29, 1.82) is 0 Å². The van der Waals surface area contributed by atoms with Gasteiger partial charge in [-0.25, -0.2) is 8.78 Å². The van der Waals surface area contributed by atoms with Gasteiger partial charge in [-0.3, -0.25) is 0 Å². The molecule has 0 unspecified atom stereocenters. The van der Waals surface area contributed by atoms with Crippen LogP contribution in [0.1, 0.15) is 5.56 Å². The summed E-state index contributed by atoms with van der Waals surface area (Å²) in [7, 11) is 0. The lowest BCUT2D eigenvalue weighted by atomic mass is 10.2. The van der Waals surface area contributed by atoms with E-state index in [1.54, 1.807) is 12.1 Å². The van der Waals surface area contributed by atoms with Crippen LogP contribution >= 0.6 is 11.6 Å². The maximum absolute atomic E-state index is 13.5. The van der Waals surface area contributed by atoms with E-state index in [0.717, 1.165) is 6.07 Å². The number of hydrogen-bond donors (Lipinski definition) is 1. The highest BCUT2D eigenvalue weighted by Crippen LogP contribution is 2.39. The summed E-state index contributed by atoms with van der Waals surface area (Å²) in [4.78, 5) is 0. The summed E-state index contributed by atoms with van der Waals surface area (Å²) in [5, 5.41) is 3.38. The number of halogens is 3. The van der Waals surface area contributed by atoms with E-state index in [1.807, 2.05) is 0 Å². The van der Waals surface area contributed by atoms with Crippen molar-refractivity contribution in [3.05, 3.63) is 52.6 Å². The highest BCUT2D eigenvalue weighted by Gasteiger charge is 2.16. The van der Waals surface area contributed by atoms with Crippen molar-refractivity contribution in [3.8, 4) is 11.5 Å². The molecule has 2 aromatic rings. The Morgan fingerprint density at radius 3 is 2.70 bits per heavy atom. The minimum atomic E-state index is -0.874. The summed E-state index contributed by atoms with van der Waals surface area (Å²) in [5.74, 6) is -0.605. The molecule has 3 nitrogen and oxygen atoms in total. The molecule has 0 spiro atoms. The normalized spacial score (nSPS) is 12.6. The van der Waals surface area contributed by atoms with Crippen LogP contribution in [0.5, 0.6) is 11.5 Å². The molecule has 1 N–H and O–H groups in total. The van der Waals surface area contributed by atoms with Gasteiger partial charge in [-0.15, -0.1) is 0 Å². The summed E-state index contributed by atoms with van der Waals surface area (Å²) >= 11 is 6.08. The van der Waals surface area contributed by atoms with E-state index in [1.165, 1.54) is 12.1 Å². The molecule has 1 aliphatic rings. The van der Waals surface area contributed by atoms with E-state index in [-0.39, 0.29) is 18.9 Å². The van der Waals surface area contributed by atoms with Gasteiger partial charge >= 0.3 is 0 Å². The van der Waals surface area contributed by atoms with Gasteiger partial charge in [-0.05, 0) is 6.07 Å². The third kappa shape index (κ3) is 2.36. The number of benzene rings is 2. The maximum atomic E-state index is 13.5. The molecule has 0 aromatic heterocycles. The predicted molar refractivity (Wildman–Crippen MR) is 71.3 cm³/mol. The third-order valence-corrected chi connectivity index (χ3v) is 3.28. The van der Waals surface area contributed by atoms with Crippen LogP contribution in [0.25, 0.3) is 0 Å². The Hall–Kier alpha value is -2.01. The van der Waals surface area contributed by atoms with Crippen LogP contribution in [0.4, 0.5) is 14.5 Å². The van der Waals surface area contributed by atoms with Crippen LogP contribution in [-0.4, -0.2) is 6.79 Å². The van der Waals surface area contributed by atoms with Crippen LogP contribution in [0, 0.1) is 11.6 Å². The van der Waals surface area contributed by atoms with Crippen molar-refractivity contribution in [2.75, 3.05) is 12.1 Å². The Bertz CT molecular complexity index is 664. The topological polar surface area (TPSA) is 30.5 Å². The molecule has 0 bridgehead atoms. The number of fused-ring (bicyclic) bond motifs is 1. The molecule has 1 heterocycles. The first-order chi connectivity index (χ1) is 9.65. The standard InChI is InChI=1S/C14H10ClF2NO2/c15-9-4-12-13(20-7-19-12)5-11(9)18-6-8-2-1-3-10(16)14(8)17/h1-5,18H,6-7H2. The lowest BCUT2D eigenvalue weighted by molar-refractivity contribution is 0.174. The van der Waals surface area contributed by atoms with Crippen molar-refractivity contribution >= 4 is 17.3 Å². The quantitative estimate of drug-likeness (QED) is 0.930. The first-order valence-corrected chi connectivity index (χ1v) is 6.29. The zero-order valence-electron chi connectivity index (χ0n) is 10.3. The van der Waals surface area contributed by atoms with Crippen LogP contribution in [-0.2, 0) is 6.54 Å². The third-order valence-electron chi connectivity index (χ3n) is 2.96. The van der Waals surface area contributed by atoms with Gasteiger partial charge in [0.25, 0.3) is 0 Å². The molecule has 0 saturated carbocycles. The molecule has 0 amide bonds. The number of ether oxygens (including phenoxy) is 2. The fourth-order valence-electron chi connectivity index (χ4n) is 1.93. The van der Waals surface area contributed by atoms with E-state index in [2.05, 4.69) is 5.32 Å². The Morgan fingerprint density at radius 1 is 1.15 bits per heavy atom. The Kier molecular flexibility index (Phi) is 3.36. The van der Waals surface area contributed by atoms with Gasteiger partial charge < -0.3 is 14.8 Å². The van der Waals surface area contributed by atoms with Crippen LogP contribution < -0.4 is 14.8 Å². The molecule has 6 heteroatoms. The van der Waals surface area contributed by atoms with Crippen molar-refractivity contribution in [3.63, 3.8) is 0 Å². The van der Waals surface area contributed by atoms with Crippen molar-refractivity contribution in [2.45, 2.75) is 6.54 Å². The summed E-state index contributed by atoms with van der Waals surface area (Å²) in [6, 6.07) is 7.32. The Balaban J connectivity index is 1.80. The maximum Gasteiger partial charge on any atom is 0.231 e. The van der Waals surface area contributed by atoms with Gasteiger partial charge in [0.05, 0.1) is 10.7 Å². The lowest BCUT2D eigenvalue weighted by Gasteiger charge is -2.10. The van der Waals surface area contributed by atoms with Crippen LogP contribution in [0.2, 0.25) is 5.02 Å². The summed E-state index contributed by atoms with van der Waals surface area (Å²) in [6.07, 6.45) is 0. The molecule has 3 rings (SSSR count). The average molecular weight is 298 g/mol. The second-order valence-corrected chi connectivity index (χ2v) is 4.66. The van der Waals surface area contributed by atoms with Gasteiger partial charge in [0.1, 0.15) is 0 Å². The van der Waals surface area contributed by atoms with Gasteiger partial charge in [-0.2, -0.15) is 0 Å². The highest BCUT2D eigenvalue weighted by molar-refractivity contribution is 6.33. The van der Waals surface area contributed by atoms with Crippen molar-refractivity contribution in [2.24, 2.45) is 0 Å². The molecule has 0 aliphatic carbocycles. The largest absolute Gasteiger partial charge is 0.454 e. The number of hydrogen-bond acceptors (Lipinski definition) is 3. The molecule has 0 radical (unpaired) electrons. The zero-order valence-corrected chi connectivity index (χ0v) is 11.0. The fourth-order valence-corrected chi connectivity index (χ4v) is 2.15. The van der Waals surface area contributed by atoms with E-state index in [4.69, 9.17) is 21.1 Å². The molecule has 0 saturated heterocycles. The van der Waals surface area contributed by atoms with E-state index in [9.17, 15) is 8.78 Å². The summed E-state index contributed by atoms with van der Waals surface area (Å²) in [5.41, 5.74) is 0.790. The Morgan fingerprint density at radius 2 is 1.90 bits per heavy atom. The molecule has 0 atom stereocenters. The predicted octanol–water partition coefficient (Wildman–Crippen LogP) is 3.96. The average Bonchev–Trinajstić information content (AvgIpc) is 2.87. The van der Waals surface area contributed by atoms with E-state index in [0.29, 0.717) is 22.2 Å². The van der Waals surface area contributed by atoms with Gasteiger partial charge in [0.2, 0.25) is 6.79 Å². The number of nitrogens with one attached hydrogen (secondary N) is 1. The zero-order chi connectivity index (χ0) is 14.1. The second-order valence-electron chi connectivity index (χ2n) is 4.25. The molecule has 0 fully saturated rings. The molecular formula is C14H10ClF2NO2. The minimum absolute atomic E-state index is 0.114. The molecule has 20 heavy (non-hydrogen) atoms. The van der Waals surface area contributed by atoms with Crippen molar-refractivity contribution < 1.29 is 18.3 Å². The Labute approximate surface area is 119 Å². The second kappa shape index (κ2) is 5.17. The van der Waals surface area contributed by atoms with Gasteiger partial charge in [-0.1, -0.05) is 23.7 Å². The van der Waals surface area contributed by atoms with Crippen LogP contribution in [0.15, 0.2) is 30.3 Å². The van der Waals surface area contributed by atoms with Crippen molar-refractivity contribution in [1.82, 2.24) is 0 Å². The van der Waals surface area contributed by atoms with Gasteiger partial charge in [0, 0.05) is 24.2 Å². The van der Waals surface area contributed by atoms with Gasteiger partial charge in [0.15, 0.2) is 23.1 Å². The number of rotatable bonds is 3. The first kappa shape index (κ1) is 13.0. The molecular weight excluding hydrogens is 288 g/mol. The summed E-state index contributed by atoms with van der Waals surface area (Å²) < 4.78 is 37.1. The number of anilines is 1. The SMILES string of the molecule is Fc1cccc(CNc2cc3c(cc2Cl)OCO3)c1F. The molecule has 104 valence electrons. The fraction of sp³-hybridized carbons (Fsp3) is 0.143. The highest BCUT2D eigenvalue weighted by atomic mass is 35.5.